The van der Waals surface area contributed by atoms with Gasteiger partial charge >= 0.3 is 0 Å². The predicted molar refractivity (Wildman–Crippen MR) is 128 cm³/mol. The van der Waals surface area contributed by atoms with E-state index >= 15 is 0 Å². The molecular formula is C29H20F2N2O. The summed E-state index contributed by atoms with van der Waals surface area (Å²) in [5, 5.41) is 1.00. The highest BCUT2D eigenvalue weighted by atomic mass is 19.1. The molecule has 1 N–H and O–H groups in total. The summed E-state index contributed by atoms with van der Waals surface area (Å²) >= 11 is 0. The minimum Gasteiger partial charge on any atom is -0.354 e. The van der Waals surface area contributed by atoms with Crippen molar-refractivity contribution in [3.63, 3.8) is 0 Å². The van der Waals surface area contributed by atoms with Crippen LogP contribution in [-0.2, 0) is 6.54 Å². The smallest absolute Gasteiger partial charge is 0.255 e. The lowest BCUT2D eigenvalue weighted by molar-refractivity contribution is 0.0737. The molecule has 0 saturated carbocycles. The number of carbonyl (C=O) groups excluding carboxylic acids is 1. The molecule has 4 aromatic carbocycles. The van der Waals surface area contributed by atoms with Crippen LogP contribution < -0.4 is 0 Å². The van der Waals surface area contributed by atoms with Crippen molar-refractivity contribution < 1.29 is 13.6 Å². The Balaban J connectivity index is 1.58. The molecule has 6 rings (SSSR count). The first-order valence-corrected chi connectivity index (χ1v) is 11.1. The van der Waals surface area contributed by atoms with Crippen LogP contribution in [0.15, 0.2) is 97.1 Å². The second-order valence-corrected chi connectivity index (χ2v) is 8.52. The summed E-state index contributed by atoms with van der Waals surface area (Å²) in [4.78, 5) is 18.9. The van der Waals surface area contributed by atoms with Crippen molar-refractivity contribution >= 4 is 16.8 Å². The van der Waals surface area contributed by atoms with Crippen LogP contribution in [0.4, 0.5) is 8.78 Å². The van der Waals surface area contributed by atoms with Crippen LogP contribution in [0, 0.1) is 11.6 Å². The highest BCUT2D eigenvalue weighted by Crippen LogP contribution is 2.46. The average Bonchev–Trinajstić information content (AvgIpc) is 3.36. The number of aromatic nitrogens is 1. The second kappa shape index (κ2) is 7.96. The molecule has 1 aromatic heterocycles. The van der Waals surface area contributed by atoms with Crippen LogP contribution in [0.25, 0.3) is 22.2 Å². The van der Waals surface area contributed by atoms with E-state index in [9.17, 15) is 13.6 Å². The summed E-state index contributed by atoms with van der Waals surface area (Å²) in [7, 11) is 0. The fraction of sp³-hybridized carbons (Fsp3) is 0.0690. The normalized spacial score (nSPS) is 15.2. The molecule has 166 valence electrons. The van der Waals surface area contributed by atoms with E-state index in [1.807, 2.05) is 53.4 Å². The zero-order chi connectivity index (χ0) is 23.2. The van der Waals surface area contributed by atoms with Crippen molar-refractivity contribution in [2.45, 2.75) is 12.6 Å². The number of amides is 1. The van der Waals surface area contributed by atoms with Crippen LogP contribution in [0.2, 0.25) is 0 Å². The van der Waals surface area contributed by atoms with E-state index in [1.54, 1.807) is 24.3 Å². The third-order valence-corrected chi connectivity index (χ3v) is 6.48. The fourth-order valence-corrected chi connectivity index (χ4v) is 4.92. The molecule has 0 radical (unpaired) electrons. The van der Waals surface area contributed by atoms with Crippen molar-refractivity contribution in [3.8, 4) is 11.3 Å². The summed E-state index contributed by atoms with van der Waals surface area (Å²) in [6.45, 7) is 0.334. The maximum absolute atomic E-state index is 13.7. The highest BCUT2D eigenvalue weighted by molar-refractivity contribution is 6.02. The van der Waals surface area contributed by atoms with Gasteiger partial charge in [-0.2, -0.15) is 0 Å². The van der Waals surface area contributed by atoms with Gasteiger partial charge in [-0.3, -0.25) is 4.79 Å². The van der Waals surface area contributed by atoms with Gasteiger partial charge in [-0.25, -0.2) is 8.78 Å². The topological polar surface area (TPSA) is 36.1 Å². The molecule has 1 aliphatic heterocycles. The van der Waals surface area contributed by atoms with E-state index in [0.717, 1.165) is 38.9 Å². The lowest BCUT2D eigenvalue weighted by Crippen LogP contribution is -2.28. The van der Waals surface area contributed by atoms with Crippen LogP contribution in [-0.4, -0.2) is 15.8 Å². The van der Waals surface area contributed by atoms with Crippen molar-refractivity contribution in [1.82, 2.24) is 9.88 Å². The van der Waals surface area contributed by atoms with Gasteiger partial charge in [0.05, 0.1) is 11.7 Å². The van der Waals surface area contributed by atoms with Gasteiger partial charge in [0.15, 0.2) is 0 Å². The van der Waals surface area contributed by atoms with Gasteiger partial charge in [0.1, 0.15) is 11.6 Å². The summed E-state index contributed by atoms with van der Waals surface area (Å²) in [6, 6.07) is 27.9. The monoisotopic (exact) mass is 450 g/mol. The number of benzene rings is 4. The second-order valence-electron chi connectivity index (χ2n) is 8.52. The summed E-state index contributed by atoms with van der Waals surface area (Å²) in [5.74, 6) is -0.687. The van der Waals surface area contributed by atoms with Crippen molar-refractivity contribution in [3.05, 3.63) is 131 Å². The van der Waals surface area contributed by atoms with Gasteiger partial charge in [-0.05, 0) is 65.2 Å². The zero-order valence-electron chi connectivity index (χ0n) is 18.1. The molecule has 0 fully saturated rings. The first kappa shape index (κ1) is 20.4. The van der Waals surface area contributed by atoms with Crippen molar-refractivity contribution in [2.75, 3.05) is 0 Å². The Kier molecular flexibility index (Phi) is 4.77. The molecule has 0 aliphatic carbocycles. The van der Waals surface area contributed by atoms with Crippen LogP contribution >= 0.6 is 0 Å². The Morgan fingerprint density at radius 1 is 0.765 bits per heavy atom. The summed E-state index contributed by atoms with van der Waals surface area (Å²) < 4.78 is 27.2. The summed E-state index contributed by atoms with van der Waals surface area (Å²) in [6.07, 6.45) is 0. The molecule has 34 heavy (non-hydrogen) atoms. The third kappa shape index (κ3) is 3.28. The van der Waals surface area contributed by atoms with Gasteiger partial charge in [-0.1, -0.05) is 48.5 Å². The molecule has 1 atom stereocenters. The minimum atomic E-state index is -0.357. The molecule has 1 amide bonds. The highest BCUT2D eigenvalue weighted by Gasteiger charge is 2.40. The number of fused-ring (bicyclic) bond motifs is 2. The fourth-order valence-electron chi connectivity index (χ4n) is 4.92. The van der Waals surface area contributed by atoms with E-state index < -0.39 is 0 Å². The standard InChI is InChI=1S/C29H20F2N2O/c30-20-13-9-18(10-14-20)17-33-28(22-5-1-2-6-23(22)29(33)34)26-24-7-3-4-8-25(24)32-27(26)19-11-15-21(31)16-12-19/h1-16,28,32H,17H2/t28-/m1/s1. The number of nitrogens with one attached hydrogen (secondary N) is 1. The average molecular weight is 450 g/mol. The van der Waals surface area contributed by atoms with E-state index in [-0.39, 0.29) is 23.6 Å². The predicted octanol–water partition coefficient (Wildman–Crippen LogP) is 6.86. The quantitative estimate of drug-likeness (QED) is 0.319. The Morgan fingerprint density at radius 2 is 1.41 bits per heavy atom. The van der Waals surface area contributed by atoms with Crippen LogP contribution in [0.1, 0.15) is 33.1 Å². The summed E-state index contributed by atoms with van der Waals surface area (Å²) in [5.41, 5.74) is 6.01. The number of hydrogen-bond donors (Lipinski definition) is 1. The van der Waals surface area contributed by atoms with Gasteiger partial charge < -0.3 is 9.88 Å². The van der Waals surface area contributed by atoms with E-state index in [1.165, 1.54) is 24.3 Å². The number of carbonyl (C=O) groups is 1. The molecule has 0 saturated heterocycles. The molecule has 3 nitrogen and oxygen atoms in total. The molecule has 0 spiro atoms. The van der Waals surface area contributed by atoms with E-state index in [0.29, 0.717) is 12.1 Å². The van der Waals surface area contributed by atoms with Gasteiger partial charge in [-0.15, -0.1) is 0 Å². The van der Waals surface area contributed by atoms with E-state index in [4.69, 9.17) is 0 Å². The number of rotatable bonds is 4. The van der Waals surface area contributed by atoms with Gasteiger partial charge in [0.25, 0.3) is 5.91 Å². The maximum atomic E-state index is 13.7. The molecular weight excluding hydrogens is 430 g/mol. The lowest BCUT2D eigenvalue weighted by Gasteiger charge is -2.27. The lowest BCUT2D eigenvalue weighted by atomic mass is 9.93. The van der Waals surface area contributed by atoms with Crippen LogP contribution in [0.3, 0.4) is 0 Å². The Bertz CT molecular complexity index is 1520. The molecule has 2 heterocycles. The minimum absolute atomic E-state index is 0.0692. The van der Waals surface area contributed by atoms with E-state index in [2.05, 4.69) is 4.98 Å². The first-order chi connectivity index (χ1) is 16.6. The zero-order valence-corrected chi connectivity index (χ0v) is 18.1. The Labute approximate surface area is 195 Å². The SMILES string of the molecule is O=C1c2ccccc2[C@H](c2c(-c3ccc(F)cc3)[nH]c3ccccc23)N1Cc1ccc(F)cc1. The molecule has 5 heteroatoms. The van der Waals surface area contributed by atoms with Gasteiger partial charge in [0, 0.05) is 28.6 Å². The number of aromatic amines is 1. The number of halogens is 2. The van der Waals surface area contributed by atoms with Crippen molar-refractivity contribution in [2.24, 2.45) is 0 Å². The van der Waals surface area contributed by atoms with Crippen LogP contribution in [0.5, 0.6) is 0 Å². The molecule has 1 aliphatic rings. The first-order valence-electron chi connectivity index (χ1n) is 11.1. The number of H-pyrrole nitrogens is 1. The largest absolute Gasteiger partial charge is 0.354 e. The Morgan fingerprint density at radius 3 is 2.18 bits per heavy atom. The third-order valence-electron chi connectivity index (χ3n) is 6.48. The molecule has 0 unspecified atom stereocenters. The molecule has 0 bridgehead atoms. The van der Waals surface area contributed by atoms with Gasteiger partial charge in [0.2, 0.25) is 0 Å². The van der Waals surface area contributed by atoms with Crippen molar-refractivity contribution in [1.29, 1.82) is 0 Å². The number of nitrogens with zero attached hydrogens (tertiary/aromatic N) is 1. The maximum Gasteiger partial charge on any atom is 0.255 e. The Hall–Kier alpha value is -4.25. The number of hydrogen-bond acceptors (Lipinski definition) is 1. The molecule has 5 aromatic rings. The number of para-hydroxylation sites is 1.